The van der Waals surface area contributed by atoms with E-state index in [-0.39, 0.29) is 35.1 Å². The lowest BCUT2D eigenvalue weighted by Crippen LogP contribution is -2.39. The van der Waals surface area contributed by atoms with Crippen LogP contribution < -0.4 is 30.1 Å². The minimum absolute atomic E-state index is 0.0258. The Morgan fingerprint density at radius 3 is 2.29 bits per heavy atom. The van der Waals surface area contributed by atoms with Crippen LogP contribution in [0.5, 0.6) is 11.5 Å². The fraction of sp³-hybridized carbons (Fsp3) is 0.481. The molecule has 38 heavy (non-hydrogen) atoms. The van der Waals surface area contributed by atoms with E-state index >= 15 is 0 Å². The fourth-order valence-electron chi connectivity index (χ4n) is 4.83. The van der Waals surface area contributed by atoms with Gasteiger partial charge in [0.2, 0.25) is 21.8 Å². The van der Waals surface area contributed by atoms with Crippen molar-refractivity contribution in [2.24, 2.45) is 17.6 Å². The maximum atomic E-state index is 13.6. The smallest absolute Gasteiger partial charge is 0.242 e. The van der Waals surface area contributed by atoms with Crippen molar-refractivity contribution in [1.29, 1.82) is 0 Å². The molecule has 2 amide bonds. The molecule has 1 saturated heterocycles. The van der Waals surface area contributed by atoms with Crippen LogP contribution >= 0.6 is 0 Å². The summed E-state index contributed by atoms with van der Waals surface area (Å²) in [5.41, 5.74) is 7.34. The minimum Gasteiger partial charge on any atom is -0.493 e. The third-order valence-electron chi connectivity index (χ3n) is 7.38. The van der Waals surface area contributed by atoms with Crippen LogP contribution in [0, 0.1) is 11.8 Å². The number of nitrogens with two attached hydrogens (primary N) is 1. The van der Waals surface area contributed by atoms with E-state index in [1.807, 2.05) is 17.0 Å². The molecule has 206 valence electrons. The standard InChI is InChI=1S/C27H36N4O6S/c1-36-23-9-6-18(16-24(23)37-2)10-13-29-38(34,35)25-17-21(30-27(33)20-4-3-5-20)7-8-22(25)31-14-11-19(12-15-31)26(28)32/h6-9,16-17,19-20,29H,3-5,10-15H2,1-2H3,(H2,28,32)(H,30,33). The van der Waals surface area contributed by atoms with E-state index in [0.29, 0.717) is 55.2 Å². The lowest BCUT2D eigenvalue weighted by atomic mass is 9.85. The van der Waals surface area contributed by atoms with E-state index in [1.54, 1.807) is 32.4 Å². The second-order valence-electron chi connectivity index (χ2n) is 9.80. The highest BCUT2D eigenvalue weighted by atomic mass is 32.2. The van der Waals surface area contributed by atoms with Crippen molar-refractivity contribution in [3.8, 4) is 11.5 Å². The van der Waals surface area contributed by atoms with Gasteiger partial charge in [0.1, 0.15) is 4.90 Å². The number of carbonyl (C=O) groups is 2. The van der Waals surface area contributed by atoms with Gasteiger partial charge in [-0.25, -0.2) is 13.1 Å². The SMILES string of the molecule is COc1ccc(CCNS(=O)(=O)c2cc(NC(=O)C3CCC3)ccc2N2CCC(C(N)=O)CC2)cc1OC. The third kappa shape index (κ3) is 6.39. The minimum atomic E-state index is -3.93. The number of sulfonamides is 1. The van der Waals surface area contributed by atoms with Crippen molar-refractivity contribution in [2.75, 3.05) is 44.1 Å². The van der Waals surface area contributed by atoms with Gasteiger partial charge in [-0.05, 0) is 68.0 Å². The maximum absolute atomic E-state index is 13.6. The van der Waals surface area contributed by atoms with Crippen molar-refractivity contribution >= 4 is 33.2 Å². The molecule has 1 aliphatic carbocycles. The number of benzene rings is 2. The van der Waals surface area contributed by atoms with Crippen molar-refractivity contribution in [1.82, 2.24) is 4.72 Å². The Labute approximate surface area is 223 Å². The number of rotatable bonds is 11. The highest BCUT2D eigenvalue weighted by Crippen LogP contribution is 2.33. The lowest BCUT2D eigenvalue weighted by molar-refractivity contribution is -0.123. The fourth-order valence-corrected chi connectivity index (χ4v) is 6.11. The van der Waals surface area contributed by atoms with Gasteiger partial charge in [-0.2, -0.15) is 0 Å². The number of methoxy groups -OCH3 is 2. The summed E-state index contributed by atoms with van der Waals surface area (Å²) in [5, 5.41) is 2.88. The normalized spacial score (nSPS) is 16.5. The van der Waals surface area contributed by atoms with Crippen LogP contribution in [0.4, 0.5) is 11.4 Å². The molecule has 11 heteroatoms. The number of piperidine rings is 1. The van der Waals surface area contributed by atoms with E-state index in [9.17, 15) is 18.0 Å². The monoisotopic (exact) mass is 544 g/mol. The van der Waals surface area contributed by atoms with Crippen LogP contribution in [0.25, 0.3) is 0 Å². The highest BCUT2D eigenvalue weighted by Gasteiger charge is 2.29. The number of hydrogen-bond acceptors (Lipinski definition) is 7. The van der Waals surface area contributed by atoms with Gasteiger partial charge in [0.15, 0.2) is 11.5 Å². The Hall–Kier alpha value is -3.31. The van der Waals surface area contributed by atoms with E-state index in [4.69, 9.17) is 15.2 Å². The molecule has 2 aromatic carbocycles. The second-order valence-corrected chi connectivity index (χ2v) is 11.5. The van der Waals surface area contributed by atoms with E-state index < -0.39 is 10.0 Å². The van der Waals surface area contributed by atoms with E-state index in [0.717, 1.165) is 24.8 Å². The molecule has 0 atom stereocenters. The zero-order chi connectivity index (χ0) is 27.3. The molecule has 1 saturated carbocycles. The Morgan fingerprint density at radius 1 is 0.974 bits per heavy atom. The number of nitrogens with zero attached hydrogens (tertiary/aromatic N) is 1. The second kappa shape index (κ2) is 12.0. The summed E-state index contributed by atoms with van der Waals surface area (Å²) in [4.78, 5) is 26.2. The first-order chi connectivity index (χ1) is 18.2. The Morgan fingerprint density at radius 2 is 1.68 bits per heavy atom. The molecule has 1 aliphatic heterocycles. The van der Waals surface area contributed by atoms with Crippen molar-refractivity contribution in [2.45, 2.75) is 43.4 Å². The zero-order valence-electron chi connectivity index (χ0n) is 21.9. The predicted molar refractivity (Wildman–Crippen MR) is 145 cm³/mol. The summed E-state index contributed by atoms with van der Waals surface area (Å²) in [5.74, 6) is 0.514. The van der Waals surface area contributed by atoms with Gasteiger partial charge < -0.3 is 25.4 Å². The number of carbonyl (C=O) groups excluding carboxylic acids is 2. The summed E-state index contributed by atoms with van der Waals surface area (Å²) in [6, 6.07) is 10.4. The molecule has 0 radical (unpaired) electrons. The summed E-state index contributed by atoms with van der Waals surface area (Å²) >= 11 is 0. The van der Waals surface area contributed by atoms with E-state index in [2.05, 4.69) is 10.0 Å². The van der Waals surface area contributed by atoms with Crippen LogP contribution in [-0.2, 0) is 26.0 Å². The third-order valence-corrected chi connectivity index (χ3v) is 8.87. The molecule has 0 bridgehead atoms. The molecule has 2 aliphatic rings. The first-order valence-electron chi connectivity index (χ1n) is 12.9. The summed E-state index contributed by atoms with van der Waals surface area (Å²) in [6.45, 7) is 1.19. The van der Waals surface area contributed by atoms with E-state index in [1.165, 1.54) is 6.07 Å². The van der Waals surface area contributed by atoms with Crippen molar-refractivity contribution in [3.63, 3.8) is 0 Å². The number of anilines is 2. The summed E-state index contributed by atoms with van der Waals surface area (Å²) < 4.78 is 40.4. The maximum Gasteiger partial charge on any atom is 0.242 e. The van der Waals surface area contributed by atoms with Gasteiger partial charge in [0.25, 0.3) is 0 Å². The molecule has 0 spiro atoms. The predicted octanol–water partition coefficient (Wildman–Crippen LogP) is 2.67. The number of amides is 2. The van der Waals surface area contributed by atoms with Crippen molar-refractivity contribution in [3.05, 3.63) is 42.0 Å². The average Bonchev–Trinajstić information content (AvgIpc) is 2.87. The topological polar surface area (TPSA) is 140 Å². The van der Waals surface area contributed by atoms with Gasteiger partial charge in [0.05, 0.1) is 19.9 Å². The van der Waals surface area contributed by atoms with Crippen LogP contribution in [0.3, 0.4) is 0 Å². The van der Waals surface area contributed by atoms with Crippen LogP contribution in [0.1, 0.15) is 37.7 Å². The lowest BCUT2D eigenvalue weighted by Gasteiger charge is -2.33. The molecule has 10 nitrogen and oxygen atoms in total. The molecule has 2 aromatic rings. The zero-order valence-corrected chi connectivity index (χ0v) is 22.7. The molecule has 2 fully saturated rings. The largest absolute Gasteiger partial charge is 0.493 e. The molecular weight excluding hydrogens is 508 g/mol. The quantitative estimate of drug-likeness (QED) is 0.395. The number of nitrogens with one attached hydrogen (secondary N) is 2. The van der Waals surface area contributed by atoms with Gasteiger partial charge >= 0.3 is 0 Å². The molecule has 0 aromatic heterocycles. The van der Waals surface area contributed by atoms with Crippen LogP contribution in [0.15, 0.2) is 41.3 Å². The molecule has 1 heterocycles. The number of primary amides is 1. The van der Waals surface area contributed by atoms with Gasteiger partial charge in [-0.15, -0.1) is 0 Å². The van der Waals surface area contributed by atoms with Gasteiger partial charge in [-0.1, -0.05) is 12.5 Å². The molecule has 4 N–H and O–H groups in total. The molecule has 0 unspecified atom stereocenters. The Bertz CT molecular complexity index is 1270. The Balaban J connectivity index is 1.53. The highest BCUT2D eigenvalue weighted by molar-refractivity contribution is 7.89. The number of ether oxygens (including phenoxy) is 2. The van der Waals surface area contributed by atoms with Crippen LogP contribution in [0.2, 0.25) is 0 Å². The molecular formula is C27H36N4O6S. The summed E-state index contributed by atoms with van der Waals surface area (Å²) in [6.07, 6.45) is 4.28. The van der Waals surface area contributed by atoms with Crippen molar-refractivity contribution < 1.29 is 27.5 Å². The number of hydrogen-bond donors (Lipinski definition) is 3. The van der Waals surface area contributed by atoms with Gasteiger partial charge in [0, 0.05) is 37.2 Å². The van der Waals surface area contributed by atoms with Gasteiger partial charge in [-0.3, -0.25) is 9.59 Å². The first kappa shape index (κ1) is 27.7. The molecule has 4 rings (SSSR count). The Kier molecular flexibility index (Phi) is 8.78. The average molecular weight is 545 g/mol. The summed E-state index contributed by atoms with van der Waals surface area (Å²) in [7, 11) is -0.821. The first-order valence-corrected chi connectivity index (χ1v) is 14.4. The van der Waals surface area contributed by atoms with Crippen LogP contribution in [-0.4, -0.2) is 54.1 Å².